The lowest BCUT2D eigenvalue weighted by atomic mass is 10.0. The zero-order valence-electron chi connectivity index (χ0n) is 12.5. The van der Waals surface area contributed by atoms with Crippen LogP contribution in [0.1, 0.15) is 16.1 Å². The molecule has 23 heavy (non-hydrogen) atoms. The monoisotopic (exact) mass is 342 g/mol. The molecule has 1 aliphatic heterocycles. The van der Waals surface area contributed by atoms with Gasteiger partial charge in [0.05, 0.1) is 11.9 Å². The van der Waals surface area contributed by atoms with Crippen LogP contribution in [0.2, 0.25) is 5.02 Å². The highest BCUT2D eigenvalue weighted by Crippen LogP contribution is 2.25. The summed E-state index contributed by atoms with van der Waals surface area (Å²) in [5.41, 5.74) is 3.19. The molecule has 3 heterocycles. The zero-order chi connectivity index (χ0) is 15.8. The summed E-state index contributed by atoms with van der Waals surface area (Å²) in [6.07, 6.45) is 1.30. The lowest BCUT2D eigenvalue weighted by molar-refractivity contribution is -0.131. The number of amides is 1. The maximum Gasteiger partial charge on any atom is 0.228 e. The normalized spacial score (nSPS) is 14.0. The predicted molar refractivity (Wildman–Crippen MR) is 93.9 cm³/mol. The molecule has 4 rings (SSSR count). The van der Waals surface area contributed by atoms with E-state index in [-0.39, 0.29) is 5.91 Å². The minimum Gasteiger partial charge on any atom is -0.338 e. The Balaban J connectivity index is 1.59. The lowest BCUT2D eigenvalue weighted by Crippen LogP contribution is -2.37. The largest absolute Gasteiger partial charge is 0.338 e. The van der Waals surface area contributed by atoms with Crippen molar-refractivity contribution in [3.63, 3.8) is 0 Å². The fraction of sp³-hybridized carbons (Fsp3) is 0.222. The quantitative estimate of drug-likeness (QED) is 0.703. The summed E-state index contributed by atoms with van der Waals surface area (Å²) in [4.78, 5) is 20.3. The number of carbonyl (C=O) groups excluding carboxylic acids is 1. The average molecular weight is 343 g/mol. The highest BCUT2D eigenvalue weighted by molar-refractivity contribution is 7.10. The van der Waals surface area contributed by atoms with Crippen LogP contribution in [-0.2, 0) is 24.2 Å². The van der Waals surface area contributed by atoms with Gasteiger partial charge in [0.2, 0.25) is 5.91 Å². The van der Waals surface area contributed by atoms with E-state index < -0.39 is 0 Å². The Morgan fingerprint density at radius 3 is 3.04 bits per heavy atom. The Labute approximate surface area is 143 Å². The van der Waals surface area contributed by atoms with E-state index >= 15 is 0 Å². The van der Waals surface area contributed by atoms with Crippen LogP contribution < -0.4 is 0 Å². The molecule has 0 fully saturated rings. The molecule has 0 atom stereocenters. The van der Waals surface area contributed by atoms with Gasteiger partial charge in [0, 0.05) is 40.5 Å². The van der Waals surface area contributed by atoms with Gasteiger partial charge in [-0.3, -0.25) is 9.78 Å². The van der Waals surface area contributed by atoms with Gasteiger partial charge in [-0.15, -0.1) is 11.3 Å². The van der Waals surface area contributed by atoms with Crippen LogP contribution >= 0.6 is 22.9 Å². The van der Waals surface area contributed by atoms with Crippen LogP contribution in [0.15, 0.2) is 41.8 Å². The number of rotatable bonds is 2. The zero-order valence-corrected chi connectivity index (χ0v) is 14.0. The van der Waals surface area contributed by atoms with E-state index in [1.165, 1.54) is 0 Å². The number of nitrogens with zero attached hydrogens (tertiary/aromatic N) is 2. The van der Waals surface area contributed by atoms with Crippen molar-refractivity contribution < 1.29 is 4.79 Å². The van der Waals surface area contributed by atoms with Crippen LogP contribution in [0.4, 0.5) is 0 Å². The van der Waals surface area contributed by atoms with Gasteiger partial charge in [-0.25, -0.2) is 0 Å². The molecular weight excluding hydrogens is 328 g/mol. The molecule has 0 unspecified atom stereocenters. The number of hydrogen-bond donors (Lipinski definition) is 0. The molecule has 0 aliphatic carbocycles. The Morgan fingerprint density at radius 2 is 2.22 bits per heavy atom. The first-order chi connectivity index (χ1) is 11.2. The summed E-state index contributed by atoms with van der Waals surface area (Å²) in [7, 11) is 0. The standard InChI is InChI=1S/C18H15ClN2OS/c19-14-3-4-16-12(9-14)8-13-11-21(6-5-17(13)20-16)18(22)10-15-2-1-7-23-15/h1-4,7-9H,5-6,10-11H2. The molecule has 1 aromatic carbocycles. The second-order valence-corrected chi connectivity index (χ2v) is 7.22. The van der Waals surface area contributed by atoms with Gasteiger partial charge >= 0.3 is 0 Å². The molecule has 0 spiro atoms. The van der Waals surface area contributed by atoms with Crippen LogP contribution in [-0.4, -0.2) is 22.3 Å². The Hall–Kier alpha value is -1.91. The molecule has 5 heteroatoms. The summed E-state index contributed by atoms with van der Waals surface area (Å²) >= 11 is 7.70. The third-order valence-electron chi connectivity index (χ3n) is 4.18. The molecule has 2 aromatic heterocycles. The van der Waals surface area contributed by atoms with Gasteiger partial charge in [0.25, 0.3) is 0 Å². The Bertz CT molecular complexity index is 876. The van der Waals surface area contributed by atoms with Crippen molar-refractivity contribution in [2.45, 2.75) is 19.4 Å². The van der Waals surface area contributed by atoms with Crippen LogP contribution in [0, 0.1) is 0 Å². The second kappa shape index (κ2) is 5.95. The van der Waals surface area contributed by atoms with Crippen molar-refractivity contribution in [1.29, 1.82) is 0 Å². The van der Waals surface area contributed by atoms with Crippen molar-refractivity contribution in [3.8, 4) is 0 Å². The second-order valence-electron chi connectivity index (χ2n) is 5.75. The molecule has 3 nitrogen and oxygen atoms in total. The molecule has 0 radical (unpaired) electrons. The molecule has 0 saturated heterocycles. The van der Waals surface area contributed by atoms with E-state index in [2.05, 4.69) is 6.07 Å². The molecule has 1 aliphatic rings. The van der Waals surface area contributed by atoms with Gasteiger partial charge in [0.1, 0.15) is 0 Å². The molecule has 0 bridgehead atoms. The first kappa shape index (κ1) is 14.7. The molecule has 0 N–H and O–H groups in total. The summed E-state index contributed by atoms with van der Waals surface area (Å²) in [6, 6.07) is 11.9. The Morgan fingerprint density at radius 1 is 1.30 bits per heavy atom. The topological polar surface area (TPSA) is 33.2 Å². The third kappa shape index (κ3) is 2.96. The van der Waals surface area contributed by atoms with Crippen molar-refractivity contribution in [2.24, 2.45) is 0 Å². The average Bonchev–Trinajstić information content (AvgIpc) is 3.05. The van der Waals surface area contributed by atoms with E-state index in [1.54, 1.807) is 11.3 Å². The molecule has 1 amide bonds. The van der Waals surface area contributed by atoms with E-state index in [4.69, 9.17) is 16.6 Å². The van der Waals surface area contributed by atoms with E-state index in [1.807, 2.05) is 40.6 Å². The Kier molecular flexibility index (Phi) is 3.79. The van der Waals surface area contributed by atoms with Crippen LogP contribution in [0.25, 0.3) is 10.9 Å². The summed E-state index contributed by atoms with van der Waals surface area (Å²) in [5.74, 6) is 0.185. The molecule has 0 saturated carbocycles. The van der Waals surface area contributed by atoms with E-state index in [0.717, 1.165) is 40.0 Å². The van der Waals surface area contributed by atoms with Crippen molar-refractivity contribution in [1.82, 2.24) is 9.88 Å². The van der Waals surface area contributed by atoms with Gasteiger partial charge < -0.3 is 4.90 Å². The predicted octanol–water partition coefficient (Wildman–Crippen LogP) is 4.08. The summed E-state index contributed by atoms with van der Waals surface area (Å²) in [6.45, 7) is 1.37. The maximum absolute atomic E-state index is 12.5. The summed E-state index contributed by atoms with van der Waals surface area (Å²) in [5, 5.41) is 3.75. The van der Waals surface area contributed by atoms with E-state index in [9.17, 15) is 4.79 Å². The number of hydrogen-bond acceptors (Lipinski definition) is 3. The van der Waals surface area contributed by atoms with Crippen molar-refractivity contribution in [2.75, 3.05) is 6.54 Å². The van der Waals surface area contributed by atoms with Crippen LogP contribution in [0.3, 0.4) is 0 Å². The minimum atomic E-state index is 0.185. The number of aromatic nitrogens is 1. The SMILES string of the molecule is O=C(Cc1cccs1)N1CCc2nc3ccc(Cl)cc3cc2C1. The fourth-order valence-electron chi connectivity index (χ4n) is 3.00. The number of carbonyl (C=O) groups is 1. The number of thiophene rings is 1. The minimum absolute atomic E-state index is 0.185. The van der Waals surface area contributed by atoms with Gasteiger partial charge in [-0.1, -0.05) is 17.7 Å². The number of benzene rings is 1. The van der Waals surface area contributed by atoms with E-state index in [0.29, 0.717) is 18.0 Å². The fourth-order valence-corrected chi connectivity index (χ4v) is 3.87. The molecule has 3 aromatic rings. The van der Waals surface area contributed by atoms with Crippen LogP contribution in [0.5, 0.6) is 0 Å². The number of fused-ring (bicyclic) bond motifs is 2. The smallest absolute Gasteiger partial charge is 0.228 e. The highest BCUT2D eigenvalue weighted by atomic mass is 35.5. The highest BCUT2D eigenvalue weighted by Gasteiger charge is 2.22. The molecular formula is C18H15ClN2OS. The van der Waals surface area contributed by atoms with Gasteiger partial charge in [0.15, 0.2) is 0 Å². The number of pyridine rings is 1. The third-order valence-corrected chi connectivity index (χ3v) is 5.29. The lowest BCUT2D eigenvalue weighted by Gasteiger charge is -2.28. The first-order valence-corrected chi connectivity index (χ1v) is 8.83. The molecule has 116 valence electrons. The van der Waals surface area contributed by atoms with Gasteiger partial charge in [-0.2, -0.15) is 0 Å². The van der Waals surface area contributed by atoms with Gasteiger partial charge in [-0.05, 0) is 41.3 Å². The van der Waals surface area contributed by atoms with Crippen molar-refractivity contribution >= 4 is 39.7 Å². The maximum atomic E-state index is 12.5. The van der Waals surface area contributed by atoms with Crippen molar-refractivity contribution in [3.05, 3.63) is 62.9 Å². The summed E-state index contributed by atoms with van der Waals surface area (Å²) < 4.78 is 0. The number of halogens is 1. The first-order valence-electron chi connectivity index (χ1n) is 7.57.